The number of hydrogen-bond donors (Lipinski definition) is 0. The van der Waals surface area contributed by atoms with E-state index in [1.165, 1.54) is 0 Å². The van der Waals surface area contributed by atoms with Crippen LogP contribution in [0.25, 0.3) is 0 Å². The first-order chi connectivity index (χ1) is 11.8. The molecule has 0 saturated carbocycles. The van der Waals surface area contributed by atoms with Crippen LogP contribution in [0, 0.1) is 0 Å². The Labute approximate surface area is 142 Å². The molecule has 0 unspecified atom stereocenters. The average Bonchev–Trinajstić information content (AvgIpc) is 2.63. The molecule has 6 heteroatoms. The smallest absolute Gasteiger partial charge is 0.225 e. The molecule has 0 radical (unpaired) electrons. The van der Waals surface area contributed by atoms with Gasteiger partial charge in [0.2, 0.25) is 5.95 Å². The summed E-state index contributed by atoms with van der Waals surface area (Å²) in [5, 5.41) is 0. The van der Waals surface area contributed by atoms with Crippen molar-refractivity contribution in [2.24, 2.45) is 0 Å². The van der Waals surface area contributed by atoms with Gasteiger partial charge in [-0.2, -0.15) is 0 Å². The topological polar surface area (TPSA) is 44.7 Å². The Balaban J connectivity index is 1.45. The lowest BCUT2D eigenvalue weighted by atomic mass is 10.2. The predicted octanol–water partition coefficient (Wildman–Crippen LogP) is 1.63. The van der Waals surface area contributed by atoms with Crippen molar-refractivity contribution in [3.05, 3.63) is 42.2 Å². The Morgan fingerprint density at radius 3 is 2.54 bits per heavy atom. The molecule has 0 aliphatic carbocycles. The van der Waals surface area contributed by atoms with Crippen LogP contribution in [0.3, 0.4) is 0 Å². The van der Waals surface area contributed by atoms with E-state index >= 15 is 0 Å². The highest BCUT2D eigenvalue weighted by atomic mass is 16.5. The number of hydrogen-bond acceptors (Lipinski definition) is 6. The fraction of sp³-hybridized carbons (Fsp3) is 0.444. The number of para-hydroxylation sites is 2. The minimum absolute atomic E-state index is 0.719. The number of benzene rings is 1. The molecular weight excluding hydrogens is 302 g/mol. The van der Waals surface area contributed by atoms with E-state index in [1.807, 2.05) is 30.6 Å². The summed E-state index contributed by atoms with van der Waals surface area (Å²) in [4.78, 5) is 16.1. The van der Waals surface area contributed by atoms with Gasteiger partial charge in [0, 0.05) is 50.7 Å². The number of likely N-dealkylation sites (N-methyl/N-ethyl adjacent to an activating group) is 1. The predicted molar refractivity (Wildman–Crippen MR) is 94.7 cm³/mol. The van der Waals surface area contributed by atoms with Crippen LogP contribution in [-0.2, 0) is 6.54 Å². The minimum atomic E-state index is 0.719. The molecule has 4 rings (SSSR count). The Morgan fingerprint density at radius 1 is 1.00 bits per heavy atom. The van der Waals surface area contributed by atoms with Crippen LogP contribution in [0.15, 0.2) is 36.7 Å². The van der Waals surface area contributed by atoms with Gasteiger partial charge in [-0.3, -0.25) is 0 Å². The highest BCUT2D eigenvalue weighted by Gasteiger charge is 2.19. The van der Waals surface area contributed by atoms with Crippen molar-refractivity contribution in [1.82, 2.24) is 14.9 Å². The summed E-state index contributed by atoms with van der Waals surface area (Å²) < 4.78 is 5.71. The summed E-state index contributed by atoms with van der Waals surface area (Å²) in [5.41, 5.74) is 2.27. The van der Waals surface area contributed by atoms with Crippen molar-refractivity contribution in [3.8, 4) is 5.75 Å². The third-order valence-electron chi connectivity index (χ3n) is 4.68. The van der Waals surface area contributed by atoms with Crippen LogP contribution < -0.4 is 14.5 Å². The fourth-order valence-corrected chi connectivity index (χ4v) is 3.21. The third kappa shape index (κ3) is 3.14. The van der Waals surface area contributed by atoms with Crippen molar-refractivity contribution in [2.75, 3.05) is 56.2 Å². The van der Waals surface area contributed by atoms with Gasteiger partial charge in [-0.15, -0.1) is 0 Å². The molecule has 3 heterocycles. The molecule has 1 aromatic heterocycles. The van der Waals surface area contributed by atoms with Gasteiger partial charge < -0.3 is 19.4 Å². The first kappa shape index (κ1) is 15.2. The third-order valence-corrected chi connectivity index (χ3v) is 4.68. The van der Waals surface area contributed by atoms with E-state index in [1.54, 1.807) is 0 Å². The molecule has 2 aromatic rings. The maximum Gasteiger partial charge on any atom is 0.225 e. The molecule has 126 valence electrons. The molecule has 0 amide bonds. The SMILES string of the molecule is CN1CCN(c2ncc(CN3CCOc4ccccc43)cn2)CC1. The molecule has 0 N–H and O–H groups in total. The number of aromatic nitrogens is 2. The molecule has 2 aliphatic heterocycles. The van der Waals surface area contributed by atoms with Crippen molar-refractivity contribution in [3.63, 3.8) is 0 Å². The summed E-state index contributed by atoms with van der Waals surface area (Å²) in [6.45, 7) is 6.53. The summed E-state index contributed by atoms with van der Waals surface area (Å²) in [7, 11) is 2.15. The molecule has 1 saturated heterocycles. The maximum absolute atomic E-state index is 5.71. The van der Waals surface area contributed by atoms with Gasteiger partial charge in [0.1, 0.15) is 12.4 Å². The first-order valence-electron chi connectivity index (χ1n) is 8.51. The van der Waals surface area contributed by atoms with Crippen molar-refractivity contribution in [1.29, 1.82) is 0 Å². The largest absolute Gasteiger partial charge is 0.490 e. The second-order valence-electron chi connectivity index (χ2n) is 6.42. The van der Waals surface area contributed by atoms with E-state index < -0.39 is 0 Å². The lowest BCUT2D eigenvalue weighted by Gasteiger charge is -2.33. The molecule has 1 fully saturated rings. The highest BCUT2D eigenvalue weighted by molar-refractivity contribution is 5.59. The van der Waals surface area contributed by atoms with Crippen LogP contribution in [-0.4, -0.2) is 61.2 Å². The van der Waals surface area contributed by atoms with Gasteiger partial charge in [0.15, 0.2) is 0 Å². The van der Waals surface area contributed by atoms with Gasteiger partial charge in [-0.05, 0) is 19.2 Å². The molecule has 2 aliphatic rings. The van der Waals surface area contributed by atoms with E-state index in [-0.39, 0.29) is 0 Å². The second kappa shape index (κ2) is 6.65. The number of nitrogens with zero attached hydrogens (tertiary/aromatic N) is 5. The van der Waals surface area contributed by atoms with E-state index in [0.29, 0.717) is 0 Å². The first-order valence-corrected chi connectivity index (χ1v) is 8.51. The summed E-state index contributed by atoms with van der Waals surface area (Å²) in [6, 6.07) is 8.19. The monoisotopic (exact) mass is 325 g/mol. The summed E-state index contributed by atoms with van der Waals surface area (Å²) in [5.74, 6) is 1.80. The molecular formula is C18H23N5O. The summed E-state index contributed by atoms with van der Waals surface area (Å²) in [6.07, 6.45) is 3.91. The maximum atomic E-state index is 5.71. The van der Waals surface area contributed by atoms with Gasteiger partial charge in [0.25, 0.3) is 0 Å². The number of anilines is 2. The Kier molecular flexibility index (Phi) is 4.21. The number of rotatable bonds is 3. The number of piperazine rings is 1. The van der Waals surface area contributed by atoms with Gasteiger partial charge in [-0.25, -0.2) is 9.97 Å². The lowest BCUT2D eigenvalue weighted by Crippen LogP contribution is -2.45. The van der Waals surface area contributed by atoms with Gasteiger partial charge in [-0.1, -0.05) is 12.1 Å². The van der Waals surface area contributed by atoms with E-state index in [0.717, 1.165) is 68.8 Å². The second-order valence-corrected chi connectivity index (χ2v) is 6.42. The van der Waals surface area contributed by atoms with Gasteiger partial charge >= 0.3 is 0 Å². The average molecular weight is 325 g/mol. The Hall–Kier alpha value is -2.34. The highest BCUT2D eigenvalue weighted by Crippen LogP contribution is 2.31. The standard InChI is InChI=1S/C18H23N5O/c1-21-6-8-22(9-7-21)18-19-12-15(13-20-18)14-23-10-11-24-17-5-3-2-4-16(17)23/h2-5,12-13H,6-11,14H2,1H3. The van der Waals surface area contributed by atoms with E-state index in [2.05, 4.69) is 37.8 Å². The zero-order valence-electron chi connectivity index (χ0n) is 14.1. The van der Waals surface area contributed by atoms with E-state index in [4.69, 9.17) is 4.74 Å². The van der Waals surface area contributed by atoms with Crippen LogP contribution in [0.4, 0.5) is 11.6 Å². The number of fused-ring (bicyclic) bond motifs is 1. The molecule has 0 atom stereocenters. The summed E-state index contributed by atoms with van der Waals surface area (Å²) >= 11 is 0. The van der Waals surface area contributed by atoms with Crippen molar-refractivity contribution in [2.45, 2.75) is 6.54 Å². The number of ether oxygens (including phenoxy) is 1. The lowest BCUT2D eigenvalue weighted by molar-refractivity contribution is 0.307. The van der Waals surface area contributed by atoms with Crippen molar-refractivity contribution < 1.29 is 4.74 Å². The van der Waals surface area contributed by atoms with Crippen LogP contribution in [0.5, 0.6) is 5.75 Å². The zero-order chi connectivity index (χ0) is 16.4. The molecule has 0 bridgehead atoms. The Bertz CT molecular complexity index is 682. The fourth-order valence-electron chi connectivity index (χ4n) is 3.21. The minimum Gasteiger partial charge on any atom is -0.490 e. The van der Waals surface area contributed by atoms with Crippen molar-refractivity contribution >= 4 is 11.6 Å². The van der Waals surface area contributed by atoms with Crippen LogP contribution >= 0.6 is 0 Å². The zero-order valence-corrected chi connectivity index (χ0v) is 14.1. The quantitative estimate of drug-likeness (QED) is 0.855. The molecule has 6 nitrogen and oxygen atoms in total. The van der Waals surface area contributed by atoms with E-state index in [9.17, 15) is 0 Å². The molecule has 24 heavy (non-hydrogen) atoms. The normalized spacial score (nSPS) is 18.2. The molecule has 0 spiro atoms. The molecule has 1 aromatic carbocycles. The Morgan fingerprint density at radius 2 is 1.75 bits per heavy atom. The van der Waals surface area contributed by atoms with Gasteiger partial charge in [0.05, 0.1) is 12.2 Å². The van der Waals surface area contributed by atoms with Crippen LogP contribution in [0.2, 0.25) is 0 Å². The van der Waals surface area contributed by atoms with Crippen LogP contribution in [0.1, 0.15) is 5.56 Å².